The van der Waals surface area contributed by atoms with Crippen molar-refractivity contribution in [2.24, 2.45) is 0 Å². The Kier molecular flexibility index (Phi) is 3.16. The van der Waals surface area contributed by atoms with Crippen molar-refractivity contribution in [3.05, 3.63) is 29.7 Å². The van der Waals surface area contributed by atoms with Crippen molar-refractivity contribution in [2.75, 3.05) is 20.2 Å². The molecule has 0 bridgehead atoms. The molecule has 3 rings (SSSR count). The number of nitrogens with one attached hydrogen (secondary N) is 1. The molecule has 1 aliphatic rings. The van der Waals surface area contributed by atoms with Crippen LogP contribution in [0.4, 0.5) is 0 Å². The zero-order valence-corrected chi connectivity index (χ0v) is 10.8. The second-order valence-electron chi connectivity index (χ2n) is 4.69. The van der Waals surface area contributed by atoms with E-state index in [-0.39, 0.29) is 5.97 Å². The SMILES string of the molecule is COC(=O)c1cccn2c(C3CCNCC3)nnc12. The largest absolute Gasteiger partial charge is 0.465 e. The summed E-state index contributed by atoms with van der Waals surface area (Å²) >= 11 is 0. The molecule has 0 saturated carbocycles. The molecule has 19 heavy (non-hydrogen) atoms. The number of piperidine rings is 1. The summed E-state index contributed by atoms with van der Waals surface area (Å²) in [5, 5.41) is 11.8. The molecule has 0 radical (unpaired) electrons. The molecule has 3 heterocycles. The maximum Gasteiger partial charge on any atom is 0.341 e. The smallest absolute Gasteiger partial charge is 0.341 e. The average Bonchev–Trinajstić information content (AvgIpc) is 2.91. The Morgan fingerprint density at radius 2 is 2.21 bits per heavy atom. The highest BCUT2D eigenvalue weighted by atomic mass is 16.5. The molecule has 1 saturated heterocycles. The molecule has 6 heteroatoms. The van der Waals surface area contributed by atoms with Crippen LogP contribution in [0.3, 0.4) is 0 Å². The molecule has 6 nitrogen and oxygen atoms in total. The monoisotopic (exact) mass is 260 g/mol. The number of carbonyl (C=O) groups is 1. The van der Waals surface area contributed by atoms with Crippen molar-refractivity contribution in [2.45, 2.75) is 18.8 Å². The number of hydrogen-bond donors (Lipinski definition) is 1. The van der Waals surface area contributed by atoms with Crippen molar-refractivity contribution in [1.82, 2.24) is 19.9 Å². The van der Waals surface area contributed by atoms with Crippen LogP contribution in [0.1, 0.15) is 34.9 Å². The molecule has 1 N–H and O–H groups in total. The summed E-state index contributed by atoms with van der Waals surface area (Å²) in [6.07, 6.45) is 3.99. The fourth-order valence-electron chi connectivity index (χ4n) is 2.56. The number of hydrogen-bond acceptors (Lipinski definition) is 5. The number of nitrogens with zero attached hydrogens (tertiary/aromatic N) is 3. The van der Waals surface area contributed by atoms with Gasteiger partial charge < -0.3 is 10.1 Å². The second-order valence-corrected chi connectivity index (χ2v) is 4.69. The van der Waals surface area contributed by atoms with Crippen LogP contribution >= 0.6 is 0 Å². The van der Waals surface area contributed by atoms with E-state index in [1.807, 2.05) is 16.7 Å². The van der Waals surface area contributed by atoms with Crippen molar-refractivity contribution < 1.29 is 9.53 Å². The van der Waals surface area contributed by atoms with Crippen LogP contribution in [0.2, 0.25) is 0 Å². The van der Waals surface area contributed by atoms with Crippen molar-refractivity contribution in [1.29, 1.82) is 0 Å². The number of fused-ring (bicyclic) bond motifs is 1. The van der Waals surface area contributed by atoms with Gasteiger partial charge in [-0.15, -0.1) is 10.2 Å². The van der Waals surface area contributed by atoms with E-state index in [2.05, 4.69) is 15.5 Å². The van der Waals surface area contributed by atoms with Crippen LogP contribution in [0.25, 0.3) is 5.65 Å². The van der Waals surface area contributed by atoms with Gasteiger partial charge in [0.15, 0.2) is 5.65 Å². The summed E-state index contributed by atoms with van der Waals surface area (Å²) in [5.74, 6) is 0.946. The van der Waals surface area contributed by atoms with E-state index < -0.39 is 0 Å². The molecule has 100 valence electrons. The van der Waals surface area contributed by atoms with Crippen molar-refractivity contribution in [3.63, 3.8) is 0 Å². The van der Waals surface area contributed by atoms with Crippen LogP contribution in [0, 0.1) is 0 Å². The van der Waals surface area contributed by atoms with Gasteiger partial charge in [0.25, 0.3) is 0 Å². The highest BCUT2D eigenvalue weighted by Gasteiger charge is 2.22. The maximum atomic E-state index is 11.7. The van der Waals surface area contributed by atoms with Gasteiger partial charge in [0.1, 0.15) is 11.4 Å². The van der Waals surface area contributed by atoms with E-state index in [4.69, 9.17) is 4.74 Å². The lowest BCUT2D eigenvalue weighted by Gasteiger charge is -2.20. The van der Waals surface area contributed by atoms with Gasteiger partial charge in [-0.2, -0.15) is 0 Å². The van der Waals surface area contributed by atoms with Gasteiger partial charge >= 0.3 is 5.97 Å². The average molecular weight is 260 g/mol. The molecular formula is C13H16N4O2. The standard InChI is InChI=1S/C13H16N4O2/c1-19-13(18)10-3-2-8-17-11(15-16-12(10)17)9-4-6-14-7-5-9/h2-3,8-9,14H,4-7H2,1H3. The molecule has 0 spiro atoms. The fourth-order valence-corrected chi connectivity index (χ4v) is 2.56. The lowest BCUT2D eigenvalue weighted by Crippen LogP contribution is -2.27. The van der Waals surface area contributed by atoms with E-state index in [9.17, 15) is 4.79 Å². The topological polar surface area (TPSA) is 68.5 Å². The highest BCUT2D eigenvalue weighted by molar-refractivity contribution is 5.95. The first kappa shape index (κ1) is 12.1. The third kappa shape index (κ3) is 2.08. The molecule has 2 aromatic heterocycles. The summed E-state index contributed by atoms with van der Waals surface area (Å²) in [5.41, 5.74) is 1.03. The van der Waals surface area contributed by atoms with E-state index in [1.54, 1.807) is 6.07 Å². The summed E-state index contributed by atoms with van der Waals surface area (Å²) < 4.78 is 6.67. The van der Waals surface area contributed by atoms with E-state index in [1.165, 1.54) is 7.11 Å². The second kappa shape index (κ2) is 4.97. The van der Waals surface area contributed by atoms with Gasteiger partial charge in [0, 0.05) is 12.1 Å². The molecule has 0 amide bonds. The third-order valence-electron chi connectivity index (χ3n) is 3.57. The fraction of sp³-hybridized carbons (Fsp3) is 0.462. The molecule has 0 aliphatic carbocycles. The lowest BCUT2D eigenvalue weighted by molar-refractivity contribution is 0.0602. The van der Waals surface area contributed by atoms with Crippen LogP contribution in [-0.4, -0.2) is 40.8 Å². The van der Waals surface area contributed by atoms with Crippen molar-refractivity contribution >= 4 is 11.6 Å². The number of ether oxygens (including phenoxy) is 1. The molecule has 1 fully saturated rings. The molecule has 1 aliphatic heterocycles. The molecule has 0 unspecified atom stereocenters. The summed E-state index contributed by atoms with van der Waals surface area (Å²) in [7, 11) is 1.37. The number of pyridine rings is 1. The normalized spacial score (nSPS) is 16.7. The molecule has 0 aromatic carbocycles. The summed E-state index contributed by atoms with van der Waals surface area (Å²) in [6, 6.07) is 3.54. The predicted octanol–water partition coefficient (Wildman–Crippen LogP) is 0.983. The Morgan fingerprint density at radius 1 is 1.42 bits per heavy atom. The molecule has 2 aromatic rings. The quantitative estimate of drug-likeness (QED) is 0.815. The Balaban J connectivity index is 2.05. The minimum atomic E-state index is -0.380. The number of aromatic nitrogens is 3. The predicted molar refractivity (Wildman–Crippen MR) is 69.2 cm³/mol. The zero-order chi connectivity index (χ0) is 13.2. The van der Waals surface area contributed by atoms with Crippen LogP contribution in [-0.2, 0) is 4.74 Å². The van der Waals surface area contributed by atoms with Gasteiger partial charge in [-0.3, -0.25) is 4.40 Å². The molecular weight excluding hydrogens is 244 g/mol. The van der Waals surface area contributed by atoms with Gasteiger partial charge in [0.2, 0.25) is 0 Å². The van der Waals surface area contributed by atoms with Crippen LogP contribution in [0.5, 0.6) is 0 Å². The number of methoxy groups -OCH3 is 1. The maximum absolute atomic E-state index is 11.7. The Labute approximate surface area is 110 Å². The first-order chi connectivity index (χ1) is 9.31. The van der Waals surface area contributed by atoms with Crippen LogP contribution in [0.15, 0.2) is 18.3 Å². The first-order valence-electron chi connectivity index (χ1n) is 6.44. The van der Waals surface area contributed by atoms with Gasteiger partial charge in [-0.05, 0) is 38.1 Å². The van der Waals surface area contributed by atoms with Gasteiger partial charge in [0.05, 0.1) is 7.11 Å². The minimum Gasteiger partial charge on any atom is -0.465 e. The highest BCUT2D eigenvalue weighted by Crippen LogP contribution is 2.24. The lowest BCUT2D eigenvalue weighted by atomic mass is 9.97. The van der Waals surface area contributed by atoms with Crippen LogP contribution < -0.4 is 5.32 Å². The molecule has 0 atom stereocenters. The van der Waals surface area contributed by atoms with Gasteiger partial charge in [-0.1, -0.05) is 0 Å². The Hall–Kier alpha value is -1.95. The number of esters is 1. The van der Waals surface area contributed by atoms with E-state index >= 15 is 0 Å². The Bertz CT molecular complexity index is 602. The first-order valence-corrected chi connectivity index (χ1v) is 6.44. The summed E-state index contributed by atoms with van der Waals surface area (Å²) in [4.78, 5) is 11.7. The minimum absolute atomic E-state index is 0.380. The number of rotatable bonds is 2. The van der Waals surface area contributed by atoms with E-state index in [0.717, 1.165) is 31.8 Å². The Morgan fingerprint density at radius 3 is 2.95 bits per heavy atom. The van der Waals surface area contributed by atoms with Gasteiger partial charge in [-0.25, -0.2) is 4.79 Å². The number of carbonyl (C=O) groups excluding carboxylic acids is 1. The third-order valence-corrected chi connectivity index (χ3v) is 3.57. The van der Waals surface area contributed by atoms with Crippen molar-refractivity contribution in [3.8, 4) is 0 Å². The summed E-state index contributed by atoms with van der Waals surface area (Å²) in [6.45, 7) is 1.99. The van der Waals surface area contributed by atoms with E-state index in [0.29, 0.717) is 17.1 Å². The zero-order valence-electron chi connectivity index (χ0n) is 10.8.